The lowest BCUT2D eigenvalue weighted by atomic mass is 9.66. The highest BCUT2D eigenvalue weighted by molar-refractivity contribution is 5.87. The van der Waals surface area contributed by atoms with Gasteiger partial charge in [0.15, 0.2) is 0 Å². The second kappa shape index (κ2) is 7.40. The first-order valence-electron chi connectivity index (χ1n) is 9.48. The van der Waals surface area contributed by atoms with Crippen LogP contribution in [0.4, 0.5) is 0 Å². The van der Waals surface area contributed by atoms with Gasteiger partial charge < -0.3 is 0 Å². The van der Waals surface area contributed by atoms with Gasteiger partial charge in [-0.2, -0.15) is 0 Å². The Morgan fingerprint density at radius 2 is 1.33 bits per heavy atom. The highest BCUT2D eigenvalue weighted by Gasteiger charge is 2.46. The molecule has 0 saturated carbocycles. The normalized spacial score (nSPS) is 15.0. The van der Waals surface area contributed by atoms with Gasteiger partial charge in [0.05, 0.1) is 5.41 Å². The van der Waals surface area contributed by atoms with E-state index in [0.29, 0.717) is 0 Å². The zero-order valence-electron chi connectivity index (χ0n) is 16.8. The molecule has 3 rings (SSSR count). The van der Waals surface area contributed by atoms with Crippen LogP contribution in [0.1, 0.15) is 38.8 Å². The molecule has 0 spiro atoms. The minimum Gasteiger partial charge on any atom is -0.0987 e. The Morgan fingerprint density at radius 3 is 1.74 bits per heavy atom. The fourth-order valence-electron chi connectivity index (χ4n) is 4.33. The Morgan fingerprint density at radius 1 is 0.815 bits per heavy atom. The van der Waals surface area contributed by atoms with Crippen molar-refractivity contribution in [2.24, 2.45) is 0 Å². The molecule has 0 heterocycles. The van der Waals surface area contributed by atoms with Gasteiger partial charge in [-0.15, -0.1) is 0 Å². The number of hydrogen-bond donors (Lipinski definition) is 0. The fraction of sp³-hybridized carbons (Fsp3) is 0.185. The van der Waals surface area contributed by atoms with E-state index in [1.165, 1.54) is 33.4 Å². The van der Waals surface area contributed by atoms with Crippen LogP contribution in [0.3, 0.4) is 0 Å². The van der Waals surface area contributed by atoms with E-state index in [4.69, 9.17) is 0 Å². The summed E-state index contributed by atoms with van der Waals surface area (Å²) in [4.78, 5) is 0. The maximum atomic E-state index is 4.19. The van der Waals surface area contributed by atoms with Crippen LogP contribution in [-0.4, -0.2) is 0 Å². The third-order valence-corrected chi connectivity index (χ3v) is 5.20. The van der Waals surface area contributed by atoms with E-state index in [1.54, 1.807) is 0 Å². The molecular weight excluding hydrogens is 324 g/mol. The minimum atomic E-state index is -0.375. The van der Waals surface area contributed by atoms with Crippen LogP contribution in [0.15, 0.2) is 108 Å². The fourth-order valence-corrected chi connectivity index (χ4v) is 4.33. The summed E-state index contributed by atoms with van der Waals surface area (Å²) in [6.07, 6.45) is 8.71. The molecule has 0 nitrogen and oxygen atoms in total. The van der Waals surface area contributed by atoms with Gasteiger partial charge in [0.1, 0.15) is 0 Å². The molecule has 2 aromatic carbocycles. The molecule has 0 atom stereocenters. The third-order valence-electron chi connectivity index (χ3n) is 5.20. The zero-order chi connectivity index (χ0) is 19.6. The number of rotatable bonds is 5. The van der Waals surface area contributed by atoms with Gasteiger partial charge in [-0.1, -0.05) is 97.1 Å². The second-order valence-electron chi connectivity index (χ2n) is 7.46. The molecule has 1 aliphatic rings. The van der Waals surface area contributed by atoms with Crippen LogP contribution in [-0.2, 0) is 5.41 Å². The van der Waals surface area contributed by atoms with Gasteiger partial charge in [-0.25, -0.2) is 0 Å². The smallest absolute Gasteiger partial charge is 0.0710 e. The molecule has 0 saturated heterocycles. The van der Waals surface area contributed by atoms with Crippen molar-refractivity contribution in [3.05, 3.63) is 119 Å². The number of hydrogen-bond acceptors (Lipinski definition) is 0. The van der Waals surface area contributed by atoms with E-state index >= 15 is 0 Å². The van der Waals surface area contributed by atoms with Crippen LogP contribution < -0.4 is 0 Å². The molecule has 136 valence electrons. The Bertz CT molecular complexity index is 943. The quantitative estimate of drug-likeness (QED) is 0.487. The molecule has 0 amide bonds. The van der Waals surface area contributed by atoms with E-state index in [9.17, 15) is 0 Å². The molecule has 0 heteroatoms. The third kappa shape index (κ3) is 2.96. The molecule has 0 unspecified atom stereocenters. The Kier molecular flexibility index (Phi) is 5.19. The highest BCUT2D eigenvalue weighted by atomic mass is 14.5. The SMILES string of the molecule is C=C/C(=C\C(=C)C)C1(/C(C=C(C)C)=C/C)c2ccccc2-c2ccccc21. The Balaban J connectivity index is 2.54. The van der Waals surface area contributed by atoms with E-state index < -0.39 is 0 Å². The minimum absolute atomic E-state index is 0.375. The van der Waals surface area contributed by atoms with Crippen molar-refractivity contribution < 1.29 is 0 Å². The second-order valence-corrected chi connectivity index (χ2v) is 7.46. The Labute approximate surface area is 164 Å². The van der Waals surface area contributed by atoms with Crippen LogP contribution in [0.25, 0.3) is 11.1 Å². The summed E-state index contributed by atoms with van der Waals surface area (Å²) < 4.78 is 0. The van der Waals surface area contributed by atoms with Crippen molar-refractivity contribution in [1.29, 1.82) is 0 Å². The topological polar surface area (TPSA) is 0 Å². The van der Waals surface area contributed by atoms with E-state index in [1.807, 2.05) is 13.0 Å². The highest BCUT2D eigenvalue weighted by Crippen LogP contribution is 2.57. The molecule has 0 radical (unpaired) electrons. The molecule has 0 N–H and O–H groups in total. The zero-order valence-corrected chi connectivity index (χ0v) is 16.8. The Hall–Kier alpha value is -2.86. The van der Waals surface area contributed by atoms with Crippen LogP contribution in [0.2, 0.25) is 0 Å². The number of allylic oxidation sites excluding steroid dienone is 8. The van der Waals surface area contributed by atoms with E-state index in [2.05, 4.69) is 101 Å². The summed E-state index contributed by atoms with van der Waals surface area (Å²) in [7, 11) is 0. The van der Waals surface area contributed by atoms with Crippen molar-refractivity contribution in [3.63, 3.8) is 0 Å². The number of fused-ring (bicyclic) bond motifs is 3. The summed E-state index contributed by atoms with van der Waals surface area (Å²) >= 11 is 0. The lowest BCUT2D eigenvalue weighted by Crippen LogP contribution is -2.29. The van der Waals surface area contributed by atoms with Gasteiger partial charge in [0.2, 0.25) is 0 Å². The molecule has 1 aliphatic carbocycles. The standard InChI is InChI=1S/C27H28/c1-7-21(17-19(3)4)27(22(8-2)18-20(5)6)25-15-11-9-13-23(25)24-14-10-12-16-26(24)27/h7-18H,1,3H2,2,4-6H3/b21-17+,22-8+. The molecular formula is C27H28. The van der Waals surface area contributed by atoms with Gasteiger partial charge in [0, 0.05) is 0 Å². The van der Waals surface area contributed by atoms with Crippen molar-refractivity contribution in [3.8, 4) is 11.1 Å². The first-order valence-corrected chi connectivity index (χ1v) is 9.48. The first-order chi connectivity index (χ1) is 13.0. The van der Waals surface area contributed by atoms with Crippen molar-refractivity contribution in [1.82, 2.24) is 0 Å². The van der Waals surface area contributed by atoms with E-state index in [-0.39, 0.29) is 5.41 Å². The largest absolute Gasteiger partial charge is 0.0987 e. The summed E-state index contributed by atoms with van der Waals surface area (Å²) in [6.45, 7) is 16.8. The van der Waals surface area contributed by atoms with Crippen molar-refractivity contribution in [2.45, 2.75) is 33.1 Å². The molecule has 2 aromatic rings. The lowest BCUT2D eigenvalue weighted by Gasteiger charge is -2.36. The average molecular weight is 353 g/mol. The predicted molar refractivity (Wildman–Crippen MR) is 119 cm³/mol. The summed E-state index contributed by atoms with van der Waals surface area (Å²) in [5, 5.41) is 0. The van der Waals surface area contributed by atoms with Crippen molar-refractivity contribution in [2.75, 3.05) is 0 Å². The summed E-state index contributed by atoms with van der Waals surface area (Å²) in [5.41, 5.74) is 9.58. The first kappa shape index (κ1) is 18.9. The lowest BCUT2D eigenvalue weighted by molar-refractivity contribution is 0.761. The van der Waals surface area contributed by atoms with E-state index in [0.717, 1.165) is 11.1 Å². The molecule has 27 heavy (non-hydrogen) atoms. The van der Waals surface area contributed by atoms with Crippen LogP contribution in [0.5, 0.6) is 0 Å². The monoisotopic (exact) mass is 352 g/mol. The molecule has 0 fully saturated rings. The van der Waals surface area contributed by atoms with Gasteiger partial charge in [-0.05, 0) is 61.1 Å². The van der Waals surface area contributed by atoms with Gasteiger partial charge in [-0.3, -0.25) is 0 Å². The average Bonchev–Trinajstić information content (AvgIpc) is 2.95. The van der Waals surface area contributed by atoms with Crippen LogP contribution in [0, 0.1) is 0 Å². The summed E-state index contributed by atoms with van der Waals surface area (Å²) in [5.74, 6) is 0. The van der Waals surface area contributed by atoms with Gasteiger partial charge in [0.25, 0.3) is 0 Å². The molecule has 0 aromatic heterocycles. The molecule has 0 aliphatic heterocycles. The number of benzene rings is 2. The predicted octanol–water partition coefficient (Wildman–Crippen LogP) is 7.55. The summed E-state index contributed by atoms with van der Waals surface area (Å²) in [6, 6.07) is 17.5. The maximum Gasteiger partial charge on any atom is 0.0710 e. The van der Waals surface area contributed by atoms with Crippen LogP contribution >= 0.6 is 0 Å². The van der Waals surface area contributed by atoms with Crippen molar-refractivity contribution >= 4 is 0 Å². The molecule has 0 bridgehead atoms. The van der Waals surface area contributed by atoms with Gasteiger partial charge >= 0.3 is 0 Å². The maximum absolute atomic E-state index is 4.19.